The Balaban J connectivity index is 1.86. The second-order valence-electron chi connectivity index (χ2n) is 4.45. The van der Waals surface area contributed by atoms with Crippen molar-refractivity contribution < 1.29 is 4.74 Å². The summed E-state index contributed by atoms with van der Waals surface area (Å²) in [5.74, 6) is 1.53. The number of hydrogen-bond acceptors (Lipinski definition) is 2. The minimum atomic E-state index is 0.668. The average Bonchev–Trinajstić information content (AvgIpc) is 2.38. The topological polar surface area (TPSA) is 33.0 Å². The second-order valence-corrected chi connectivity index (χ2v) is 4.45. The van der Waals surface area contributed by atoms with Crippen LogP contribution in [0.2, 0.25) is 0 Å². The van der Waals surface area contributed by atoms with Gasteiger partial charge in [0.05, 0.1) is 18.2 Å². The summed E-state index contributed by atoms with van der Waals surface area (Å²) in [7, 11) is 0. The van der Waals surface area contributed by atoms with Gasteiger partial charge >= 0.3 is 0 Å². The van der Waals surface area contributed by atoms with E-state index in [-0.39, 0.29) is 0 Å². The molecule has 0 aromatic heterocycles. The zero-order chi connectivity index (χ0) is 11.2. The smallest absolute Gasteiger partial charge is 0.120 e. The third-order valence-corrected chi connectivity index (χ3v) is 3.17. The van der Waals surface area contributed by atoms with Gasteiger partial charge in [-0.1, -0.05) is 25.3 Å². The number of nitriles is 1. The standard InChI is InChI=1S/C14H17NO/c15-10-13-7-4-8-14(9-13)16-11-12-5-2-1-3-6-12/h4,7-9,12H,1-3,5-6,11H2. The van der Waals surface area contributed by atoms with Crippen molar-refractivity contribution in [1.82, 2.24) is 0 Å². The Labute approximate surface area is 96.9 Å². The van der Waals surface area contributed by atoms with Crippen LogP contribution in [0.5, 0.6) is 5.75 Å². The molecule has 1 aliphatic rings. The first-order valence-electron chi connectivity index (χ1n) is 6.01. The summed E-state index contributed by atoms with van der Waals surface area (Å²) in [6.07, 6.45) is 6.63. The van der Waals surface area contributed by atoms with Crippen LogP contribution >= 0.6 is 0 Å². The summed E-state index contributed by atoms with van der Waals surface area (Å²) in [4.78, 5) is 0. The molecule has 1 aromatic carbocycles. The van der Waals surface area contributed by atoms with E-state index in [2.05, 4.69) is 6.07 Å². The fraction of sp³-hybridized carbons (Fsp3) is 0.500. The van der Waals surface area contributed by atoms with E-state index >= 15 is 0 Å². The fourth-order valence-electron chi connectivity index (χ4n) is 2.22. The summed E-state index contributed by atoms with van der Waals surface area (Å²) in [6, 6.07) is 9.52. The first-order valence-corrected chi connectivity index (χ1v) is 6.01. The predicted molar refractivity (Wildman–Crippen MR) is 63.2 cm³/mol. The van der Waals surface area contributed by atoms with Crippen LogP contribution in [0, 0.1) is 17.2 Å². The molecule has 0 N–H and O–H groups in total. The fourth-order valence-corrected chi connectivity index (χ4v) is 2.22. The first kappa shape index (κ1) is 11.0. The van der Waals surface area contributed by atoms with Crippen LogP contribution in [0.25, 0.3) is 0 Å². The lowest BCUT2D eigenvalue weighted by atomic mass is 9.90. The largest absolute Gasteiger partial charge is 0.493 e. The third-order valence-electron chi connectivity index (χ3n) is 3.17. The van der Waals surface area contributed by atoms with Gasteiger partial charge in [0.2, 0.25) is 0 Å². The summed E-state index contributed by atoms with van der Waals surface area (Å²) < 4.78 is 5.74. The van der Waals surface area contributed by atoms with Crippen LogP contribution in [-0.2, 0) is 0 Å². The zero-order valence-electron chi connectivity index (χ0n) is 9.48. The van der Waals surface area contributed by atoms with Gasteiger partial charge in [-0.05, 0) is 37.0 Å². The van der Waals surface area contributed by atoms with Gasteiger partial charge in [0, 0.05) is 0 Å². The predicted octanol–water partition coefficient (Wildman–Crippen LogP) is 3.52. The Morgan fingerprint density at radius 1 is 1.25 bits per heavy atom. The van der Waals surface area contributed by atoms with Crippen molar-refractivity contribution in [3.8, 4) is 11.8 Å². The molecule has 2 heteroatoms. The highest BCUT2D eigenvalue weighted by molar-refractivity contribution is 5.36. The maximum absolute atomic E-state index is 8.77. The molecule has 16 heavy (non-hydrogen) atoms. The molecule has 0 atom stereocenters. The van der Waals surface area contributed by atoms with Gasteiger partial charge < -0.3 is 4.74 Å². The Hall–Kier alpha value is -1.49. The van der Waals surface area contributed by atoms with Gasteiger partial charge in [-0.15, -0.1) is 0 Å². The molecule has 0 radical (unpaired) electrons. The van der Waals surface area contributed by atoms with Crippen molar-refractivity contribution >= 4 is 0 Å². The van der Waals surface area contributed by atoms with Gasteiger partial charge in [0.1, 0.15) is 5.75 Å². The van der Waals surface area contributed by atoms with Crippen LogP contribution in [0.1, 0.15) is 37.7 Å². The van der Waals surface area contributed by atoms with E-state index in [1.54, 1.807) is 6.07 Å². The van der Waals surface area contributed by atoms with Crippen LogP contribution < -0.4 is 4.74 Å². The molecule has 0 spiro atoms. The number of benzene rings is 1. The average molecular weight is 215 g/mol. The number of rotatable bonds is 3. The highest BCUT2D eigenvalue weighted by Gasteiger charge is 2.13. The third kappa shape index (κ3) is 3.00. The highest BCUT2D eigenvalue weighted by atomic mass is 16.5. The molecular weight excluding hydrogens is 198 g/mol. The molecule has 0 unspecified atom stereocenters. The summed E-state index contributed by atoms with van der Waals surface area (Å²) in [5, 5.41) is 8.77. The van der Waals surface area contributed by atoms with E-state index in [4.69, 9.17) is 10.00 Å². The molecule has 1 fully saturated rings. The highest BCUT2D eigenvalue weighted by Crippen LogP contribution is 2.24. The van der Waals surface area contributed by atoms with E-state index in [1.165, 1.54) is 32.1 Å². The van der Waals surface area contributed by atoms with Crippen molar-refractivity contribution in [2.45, 2.75) is 32.1 Å². The summed E-state index contributed by atoms with van der Waals surface area (Å²) in [5.41, 5.74) is 0.668. The van der Waals surface area contributed by atoms with E-state index in [1.807, 2.05) is 18.2 Å². The van der Waals surface area contributed by atoms with Gasteiger partial charge in [0.15, 0.2) is 0 Å². The van der Waals surface area contributed by atoms with Gasteiger partial charge in [-0.2, -0.15) is 5.26 Å². The van der Waals surface area contributed by atoms with Crippen LogP contribution in [0.4, 0.5) is 0 Å². The monoisotopic (exact) mass is 215 g/mol. The molecule has 2 rings (SSSR count). The second kappa shape index (κ2) is 5.55. The Bertz CT molecular complexity index is 375. The zero-order valence-corrected chi connectivity index (χ0v) is 9.48. The van der Waals surface area contributed by atoms with E-state index in [0.717, 1.165) is 12.4 Å². The maximum atomic E-state index is 8.77. The minimum Gasteiger partial charge on any atom is -0.493 e. The normalized spacial score (nSPS) is 16.7. The van der Waals surface area contributed by atoms with Crippen molar-refractivity contribution in [3.63, 3.8) is 0 Å². The SMILES string of the molecule is N#Cc1cccc(OCC2CCCCC2)c1. The molecule has 1 aliphatic carbocycles. The molecule has 1 aromatic rings. The number of ether oxygens (including phenoxy) is 1. The lowest BCUT2D eigenvalue weighted by molar-refractivity contribution is 0.209. The quantitative estimate of drug-likeness (QED) is 0.772. The number of nitrogens with zero attached hydrogens (tertiary/aromatic N) is 1. The molecule has 0 aliphatic heterocycles. The lowest BCUT2D eigenvalue weighted by Gasteiger charge is -2.21. The van der Waals surface area contributed by atoms with Gasteiger partial charge in [-0.3, -0.25) is 0 Å². The van der Waals surface area contributed by atoms with E-state index < -0.39 is 0 Å². The van der Waals surface area contributed by atoms with Crippen molar-refractivity contribution in [2.75, 3.05) is 6.61 Å². The molecule has 0 heterocycles. The van der Waals surface area contributed by atoms with Gasteiger partial charge in [0.25, 0.3) is 0 Å². The molecule has 2 nitrogen and oxygen atoms in total. The molecule has 1 saturated carbocycles. The molecule has 0 amide bonds. The molecule has 0 saturated heterocycles. The Morgan fingerprint density at radius 2 is 2.06 bits per heavy atom. The Morgan fingerprint density at radius 3 is 2.81 bits per heavy atom. The lowest BCUT2D eigenvalue weighted by Crippen LogP contribution is -2.15. The molecule has 84 valence electrons. The summed E-state index contributed by atoms with van der Waals surface area (Å²) in [6.45, 7) is 0.800. The van der Waals surface area contributed by atoms with Crippen LogP contribution in [-0.4, -0.2) is 6.61 Å². The van der Waals surface area contributed by atoms with E-state index in [9.17, 15) is 0 Å². The van der Waals surface area contributed by atoms with E-state index in [0.29, 0.717) is 11.5 Å². The summed E-state index contributed by atoms with van der Waals surface area (Å²) >= 11 is 0. The van der Waals surface area contributed by atoms with Crippen molar-refractivity contribution in [3.05, 3.63) is 29.8 Å². The minimum absolute atomic E-state index is 0.668. The first-order chi connectivity index (χ1) is 7.88. The van der Waals surface area contributed by atoms with Crippen LogP contribution in [0.3, 0.4) is 0 Å². The Kier molecular flexibility index (Phi) is 3.82. The number of hydrogen-bond donors (Lipinski definition) is 0. The molecular formula is C14H17NO. The van der Waals surface area contributed by atoms with Crippen LogP contribution in [0.15, 0.2) is 24.3 Å². The van der Waals surface area contributed by atoms with Crippen molar-refractivity contribution in [1.29, 1.82) is 5.26 Å². The van der Waals surface area contributed by atoms with Crippen molar-refractivity contribution in [2.24, 2.45) is 5.92 Å². The molecule has 0 bridgehead atoms. The van der Waals surface area contributed by atoms with Gasteiger partial charge in [-0.25, -0.2) is 0 Å². The maximum Gasteiger partial charge on any atom is 0.120 e.